The number of ether oxygens (including phenoxy) is 1. The quantitative estimate of drug-likeness (QED) is 0.464. The third kappa shape index (κ3) is 8.14. The van der Waals surface area contributed by atoms with Gasteiger partial charge in [-0.25, -0.2) is 4.79 Å². The van der Waals surface area contributed by atoms with Gasteiger partial charge in [-0.1, -0.05) is 36.4 Å². The van der Waals surface area contributed by atoms with Gasteiger partial charge in [0.1, 0.15) is 12.1 Å². The van der Waals surface area contributed by atoms with Crippen LogP contribution in [-0.2, 0) is 27.3 Å². The second-order valence-electron chi connectivity index (χ2n) is 8.32. The zero-order chi connectivity index (χ0) is 23.5. The first-order valence-electron chi connectivity index (χ1n) is 11.4. The summed E-state index contributed by atoms with van der Waals surface area (Å²) < 4.78 is 6.18. The van der Waals surface area contributed by atoms with Gasteiger partial charge in [-0.15, -0.1) is 0 Å². The zero-order valence-corrected chi connectivity index (χ0v) is 19.9. The average Bonchev–Trinajstić information content (AvgIpc) is 3.27. The number of hydrogen-bond acceptors (Lipinski definition) is 6. The van der Waals surface area contributed by atoms with E-state index in [4.69, 9.17) is 4.74 Å². The maximum Gasteiger partial charge on any atom is 0.326 e. The number of thioether (sulfide) groups is 1. The molecule has 1 aliphatic heterocycles. The van der Waals surface area contributed by atoms with E-state index in [1.807, 2.05) is 48.9 Å². The Morgan fingerprint density at radius 2 is 2.03 bits per heavy atom. The monoisotopic (exact) mass is 471 g/mol. The molecule has 0 spiro atoms. The van der Waals surface area contributed by atoms with Gasteiger partial charge in [0, 0.05) is 31.4 Å². The number of amides is 1. The number of nitrogens with one attached hydrogen (secondary N) is 1. The van der Waals surface area contributed by atoms with E-state index in [9.17, 15) is 14.7 Å². The molecule has 2 aromatic rings. The Balaban J connectivity index is 1.64. The van der Waals surface area contributed by atoms with Crippen molar-refractivity contribution in [3.63, 3.8) is 0 Å². The second-order valence-corrected chi connectivity index (χ2v) is 9.31. The van der Waals surface area contributed by atoms with Crippen LogP contribution in [0.5, 0.6) is 0 Å². The average molecular weight is 472 g/mol. The van der Waals surface area contributed by atoms with Crippen molar-refractivity contribution in [2.75, 3.05) is 25.2 Å². The van der Waals surface area contributed by atoms with Crippen molar-refractivity contribution in [2.24, 2.45) is 0 Å². The molecule has 1 fully saturated rings. The van der Waals surface area contributed by atoms with Crippen molar-refractivity contribution in [1.82, 2.24) is 15.2 Å². The minimum atomic E-state index is -1.02. The summed E-state index contributed by atoms with van der Waals surface area (Å²) in [5.74, 6) is -0.731. The predicted molar refractivity (Wildman–Crippen MR) is 130 cm³/mol. The largest absolute Gasteiger partial charge is 0.480 e. The first kappa shape index (κ1) is 25.2. The Kier molecular flexibility index (Phi) is 10.2. The van der Waals surface area contributed by atoms with Gasteiger partial charge in [0.25, 0.3) is 0 Å². The number of likely N-dealkylation sites (tertiary alicyclic amines) is 1. The summed E-state index contributed by atoms with van der Waals surface area (Å²) in [5, 5.41) is 12.2. The summed E-state index contributed by atoms with van der Waals surface area (Å²) in [4.78, 5) is 31.3. The van der Waals surface area contributed by atoms with Crippen LogP contribution in [-0.4, -0.2) is 70.2 Å². The molecule has 0 bridgehead atoms. The van der Waals surface area contributed by atoms with Crippen molar-refractivity contribution in [2.45, 2.75) is 50.4 Å². The van der Waals surface area contributed by atoms with Gasteiger partial charge in [0.05, 0.1) is 6.61 Å². The molecule has 8 heteroatoms. The number of nitrogens with zero attached hydrogens (tertiary/aromatic N) is 2. The van der Waals surface area contributed by atoms with Crippen LogP contribution >= 0.6 is 11.8 Å². The number of carbonyl (C=O) groups excluding carboxylic acids is 1. The van der Waals surface area contributed by atoms with E-state index in [1.54, 1.807) is 18.0 Å². The molecule has 1 saturated heterocycles. The smallest absolute Gasteiger partial charge is 0.326 e. The molecule has 3 rings (SSSR count). The van der Waals surface area contributed by atoms with E-state index in [1.165, 1.54) is 0 Å². The van der Waals surface area contributed by atoms with E-state index in [0.717, 1.165) is 37.1 Å². The summed E-state index contributed by atoms with van der Waals surface area (Å²) in [6, 6.07) is 13.0. The maximum atomic E-state index is 13.1. The molecular weight excluding hydrogens is 438 g/mol. The van der Waals surface area contributed by atoms with E-state index in [-0.39, 0.29) is 11.9 Å². The molecule has 0 saturated carbocycles. The SMILES string of the molecule is CSCC[C@H](NC(=O)C(Cc1ccccc1)OC[C@@H]1CCCN1Cc1cccnc1)C(=O)O. The number of pyridine rings is 1. The highest BCUT2D eigenvalue weighted by Gasteiger charge is 2.29. The van der Waals surface area contributed by atoms with Gasteiger partial charge in [-0.3, -0.25) is 14.7 Å². The fourth-order valence-electron chi connectivity index (χ4n) is 4.06. The fraction of sp³-hybridized carbons (Fsp3) is 0.480. The lowest BCUT2D eigenvalue weighted by atomic mass is 10.1. The molecule has 0 aliphatic carbocycles. The Hall–Kier alpha value is -2.42. The Labute approximate surface area is 199 Å². The maximum absolute atomic E-state index is 13.1. The lowest BCUT2D eigenvalue weighted by Gasteiger charge is -2.27. The zero-order valence-electron chi connectivity index (χ0n) is 19.1. The van der Waals surface area contributed by atoms with Crippen LogP contribution in [0.15, 0.2) is 54.9 Å². The summed E-state index contributed by atoms with van der Waals surface area (Å²) >= 11 is 1.56. The fourth-order valence-corrected chi connectivity index (χ4v) is 4.53. The van der Waals surface area contributed by atoms with Crippen LogP contribution in [0, 0.1) is 0 Å². The van der Waals surface area contributed by atoms with Crippen molar-refractivity contribution in [3.8, 4) is 0 Å². The van der Waals surface area contributed by atoms with Crippen LogP contribution in [0.25, 0.3) is 0 Å². The molecule has 0 radical (unpaired) electrons. The van der Waals surface area contributed by atoms with Gasteiger partial charge < -0.3 is 15.2 Å². The molecule has 1 amide bonds. The molecule has 1 unspecified atom stereocenters. The van der Waals surface area contributed by atoms with E-state index < -0.39 is 18.1 Å². The van der Waals surface area contributed by atoms with Gasteiger partial charge in [0.2, 0.25) is 5.91 Å². The van der Waals surface area contributed by atoms with Crippen molar-refractivity contribution in [3.05, 3.63) is 66.0 Å². The number of carboxylic acids is 1. The number of rotatable bonds is 13. The Morgan fingerprint density at radius 3 is 2.73 bits per heavy atom. The highest BCUT2D eigenvalue weighted by atomic mass is 32.2. The first-order chi connectivity index (χ1) is 16.1. The molecule has 1 aromatic heterocycles. The summed E-state index contributed by atoms with van der Waals surface area (Å²) in [6.07, 6.45) is 7.68. The Bertz CT molecular complexity index is 868. The number of benzene rings is 1. The highest BCUT2D eigenvalue weighted by Crippen LogP contribution is 2.21. The van der Waals surface area contributed by atoms with Gasteiger partial charge >= 0.3 is 5.97 Å². The first-order valence-corrected chi connectivity index (χ1v) is 12.8. The molecule has 3 atom stereocenters. The van der Waals surface area contributed by atoms with Crippen LogP contribution in [0.4, 0.5) is 0 Å². The van der Waals surface area contributed by atoms with E-state index >= 15 is 0 Å². The molecular formula is C25H33N3O4S. The lowest BCUT2D eigenvalue weighted by molar-refractivity contribution is -0.144. The van der Waals surface area contributed by atoms with Crippen LogP contribution in [0.3, 0.4) is 0 Å². The third-order valence-electron chi connectivity index (χ3n) is 5.88. The molecule has 7 nitrogen and oxygen atoms in total. The van der Waals surface area contributed by atoms with Gasteiger partial charge in [0.15, 0.2) is 0 Å². The summed E-state index contributed by atoms with van der Waals surface area (Å²) in [5.41, 5.74) is 2.13. The predicted octanol–water partition coefficient (Wildman–Crippen LogP) is 3.00. The number of hydrogen-bond donors (Lipinski definition) is 2. The van der Waals surface area contributed by atoms with Crippen molar-refractivity contribution in [1.29, 1.82) is 0 Å². The van der Waals surface area contributed by atoms with Crippen LogP contribution < -0.4 is 5.32 Å². The second kappa shape index (κ2) is 13.3. The van der Waals surface area contributed by atoms with Crippen molar-refractivity contribution >= 4 is 23.6 Å². The van der Waals surface area contributed by atoms with E-state index in [2.05, 4.69) is 21.3 Å². The number of carbonyl (C=O) groups is 2. The minimum Gasteiger partial charge on any atom is -0.480 e. The van der Waals surface area contributed by atoms with Gasteiger partial charge in [-0.2, -0.15) is 11.8 Å². The standard InChI is InChI=1S/C25H33N3O4S/c1-33-14-11-22(25(30)31)27-24(29)23(15-19-7-3-2-4-8-19)32-18-21-10-6-13-28(21)17-20-9-5-12-26-16-20/h2-5,7-9,12,16,21-23H,6,10-11,13-15,17-18H2,1H3,(H,27,29)(H,30,31)/t21-,22-,23?/m0/s1. The van der Waals surface area contributed by atoms with Gasteiger partial charge in [-0.05, 0) is 55.0 Å². The van der Waals surface area contributed by atoms with E-state index in [0.29, 0.717) is 25.2 Å². The molecule has 33 heavy (non-hydrogen) atoms. The number of carboxylic acid groups (broad SMARTS) is 1. The lowest BCUT2D eigenvalue weighted by Crippen LogP contribution is -2.48. The normalized spacial score (nSPS) is 18.0. The highest BCUT2D eigenvalue weighted by molar-refractivity contribution is 7.98. The van der Waals surface area contributed by atoms with Crippen LogP contribution in [0.1, 0.15) is 30.4 Å². The third-order valence-corrected chi connectivity index (χ3v) is 6.52. The summed E-state index contributed by atoms with van der Waals surface area (Å²) in [7, 11) is 0. The van der Waals surface area contributed by atoms with Crippen LogP contribution in [0.2, 0.25) is 0 Å². The topological polar surface area (TPSA) is 91.8 Å². The molecule has 178 valence electrons. The summed E-state index contributed by atoms with van der Waals surface area (Å²) in [6.45, 7) is 2.20. The molecule has 2 heterocycles. The number of aromatic nitrogens is 1. The molecule has 1 aliphatic rings. The Morgan fingerprint density at radius 1 is 1.24 bits per heavy atom. The number of aliphatic carboxylic acids is 1. The molecule has 2 N–H and O–H groups in total. The van der Waals surface area contributed by atoms with Crippen molar-refractivity contribution < 1.29 is 19.4 Å². The minimum absolute atomic E-state index is 0.211. The molecule has 1 aromatic carbocycles.